The Labute approximate surface area is 239 Å². The van der Waals surface area contributed by atoms with Crippen LogP contribution in [0.5, 0.6) is 0 Å². The zero-order valence-corrected chi connectivity index (χ0v) is 23.4. The maximum atomic E-state index is 6.24. The number of benzene rings is 4. The van der Waals surface area contributed by atoms with Crippen molar-refractivity contribution in [2.24, 2.45) is 0 Å². The third-order valence-electron chi connectivity index (χ3n) is 4.74. The third-order valence-corrected chi connectivity index (χ3v) is 8.29. The lowest BCUT2D eigenvalue weighted by Gasteiger charge is -2.16. The Bertz CT molecular complexity index is 1280. The molecule has 0 unspecified atom stereocenters. The normalized spacial score (nSPS) is 10.4. The summed E-state index contributed by atoms with van der Waals surface area (Å²) in [7, 11) is 3.23. The van der Waals surface area contributed by atoms with Crippen LogP contribution in [-0.4, -0.2) is 10.2 Å². The van der Waals surface area contributed by atoms with E-state index in [2.05, 4.69) is 21.3 Å². The van der Waals surface area contributed by atoms with E-state index in [1.807, 2.05) is 97.1 Å². The van der Waals surface area contributed by atoms with Gasteiger partial charge < -0.3 is 21.3 Å². The number of para-hydroxylation sites is 4. The fraction of sp³-hybridized carbons (Fsp3) is 0. The molecule has 0 aliphatic carbocycles. The van der Waals surface area contributed by atoms with Crippen molar-refractivity contribution in [3.63, 3.8) is 0 Å². The molecule has 0 saturated heterocycles. The van der Waals surface area contributed by atoms with Crippen LogP contribution in [0.2, 0.25) is 10.0 Å². The standard InChI is InChI=1S/C26H20Cl2N4S4/c27-17-9-1-3-11-19(17)29-25(33)31-21-13-5-7-15-23(21)35-36-24-16-8-6-14-22(24)32-26(34)30-20-12-4-2-10-18(20)28/h1-16H,(H2,29,31,33)(H2,30,32,34). The highest BCUT2D eigenvalue weighted by atomic mass is 35.5. The van der Waals surface area contributed by atoms with Gasteiger partial charge in [-0.25, -0.2) is 0 Å². The monoisotopic (exact) mass is 586 g/mol. The molecule has 0 amide bonds. The fourth-order valence-corrected chi connectivity index (χ4v) is 6.13. The van der Waals surface area contributed by atoms with Crippen LogP contribution in [-0.2, 0) is 0 Å². The SMILES string of the molecule is S=C(Nc1ccccc1Cl)Nc1ccccc1SSc1ccccc1NC(=S)Nc1ccccc1Cl. The van der Waals surface area contributed by atoms with Crippen LogP contribution >= 0.6 is 69.2 Å². The highest BCUT2D eigenvalue weighted by Crippen LogP contribution is 2.43. The Morgan fingerprint density at radius 1 is 0.472 bits per heavy atom. The summed E-state index contributed by atoms with van der Waals surface area (Å²) in [5.74, 6) is 0. The van der Waals surface area contributed by atoms with Crippen LogP contribution < -0.4 is 21.3 Å². The molecule has 0 fully saturated rings. The Hall–Kier alpha value is -2.46. The minimum absolute atomic E-state index is 0.458. The molecule has 4 aromatic carbocycles. The predicted molar refractivity (Wildman–Crippen MR) is 167 cm³/mol. The molecule has 36 heavy (non-hydrogen) atoms. The van der Waals surface area contributed by atoms with Crippen molar-refractivity contribution in [3.05, 3.63) is 107 Å². The maximum absolute atomic E-state index is 6.24. The van der Waals surface area contributed by atoms with Gasteiger partial charge in [0.05, 0.1) is 32.8 Å². The van der Waals surface area contributed by atoms with Gasteiger partial charge in [0.2, 0.25) is 0 Å². The van der Waals surface area contributed by atoms with E-state index in [1.54, 1.807) is 21.6 Å². The molecule has 4 N–H and O–H groups in total. The number of nitrogens with one attached hydrogen (secondary N) is 4. The second kappa shape index (κ2) is 13.2. The third kappa shape index (κ3) is 7.52. The molecule has 0 bridgehead atoms. The lowest BCUT2D eigenvalue weighted by Crippen LogP contribution is -2.19. The van der Waals surface area contributed by atoms with Crippen LogP contribution in [0.15, 0.2) is 107 Å². The molecule has 0 atom stereocenters. The van der Waals surface area contributed by atoms with Gasteiger partial charge >= 0.3 is 0 Å². The van der Waals surface area contributed by atoms with Crippen molar-refractivity contribution in [2.75, 3.05) is 21.3 Å². The zero-order valence-electron chi connectivity index (χ0n) is 18.6. The van der Waals surface area contributed by atoms with Gasteiger partial charge in [0.25, 0.3) is 0 Å². The highest BCUT2D eigenvalue weighted by Gasteiger charge is 2.10. The summed E-state index contributed by atoms with van der Waals surface area (Å²) >= 11 is 23.5. The average molecular weight is 588 g/mol. The van der Waals surface area contributed by atoms with Crippen LogP contribution in [0, 0.1) is 0 Å². The number of rotatable bonds is 7. The van der Waals surface area contributed by atoms with Crippen molar-refractivity contribution >= 4 is 102 Å². The molecule has 0 aliphatic rings. The van der Waals surface area contributed by atoms with Gasteiger partial charge in [-0.05, 0) is 73.0 Å². The smallest absolute Gasteiger partial charge is 0.175 e. The van der Waals surface area contributed by atoms with E-state index in [9.17, 15) is 0 Å². The number of hydrogen-bond donors (Lipinski definition) is 4. The minimum Gasteiger partial charge on any atom is -0.332 e. The molecule has 10 heteroatoms. The van der Waals surface area contributed by atoms with Crippen molar-refractivity contribution in [3.8, 4) is 0 Å². The number of hydrogen-bond acceptors (Lipinski definition) is 4. The Morgan fingerprint density at radius 3 is 1.17 bits per heavy atom. The van der Waals surface area contributed by atoms with Gasteiger partial charge in [-0.3, -0.25) is 0 Å². The first kappa shape index (κ1) is 26.6. The van der Waals surface area contributed by atoms with E-state index in [4.69, 9.17) is 47.6 Å². The van der Waals surface area contributed by atoms with E-state index >= 15 is 0 Å². The molecule has 4 nitrogen and oxygen atoms in total. The van der Waals surface area contributed by atoms with Crippen LogP contribution in [0.4, 0.5) is 22.7 Å². The number of thiocarbonyl (C=S) groups is 2. The Kier molecular flexibility index (Phi) is 9.75. The molecule has 0 radical (unpaired) electrons. The minimum atomic E-state index is 0.458. The molecule has 0 aliphatic heterocycles. The summed E-state index contributed by atoms with van der Waals surface area (Å²) < 4.78 is 0. The Balaban J connectivity index is 1.41. The van der Waals surface area contributed by atoms with Gasteiger partial charge in [-0.1, -0.05) is 93.3 Å². The van der Waals surface area contributed by atoms with E-state index in [0.717, 1.165) is 32.5 Å². The summed E-state index contributed by atoms with van der Waals surface area (Å²) in [6.07, 6.45) is 0. The lowest BCUT2D eigenvalue weighted by atomic mass is 10.3. The lowest BCUT2D eigenvalue weighted by molar-refractivity contribution is 1.44. The molecule has 0 heterocycles. The highest BCUT2D eigenvalue weighted by molar-refractivity contribution is 8.76. The number of halogens is 2. The first-order chi connectivity index (χ1) is 17.5. The van der Waals surface area contributed by atoms with Gasteiger partial charge in [0.15, 0.2) is 10.2 Å². The van der Waals surface area contributed by atoms with Crippen molar-refractivity contribution in [1.82, 2.24) is 0 Å². The van der Waals surface area contributed by atoms with E-state index in [1.165, 1.54) is 0 Å². The molecule has 0 aromatic heterocycles. The maximum Gasteiger partial charge on any atom is 0.175 e. The summed E-state index contributed by atoms with van der Waals surface area (Å²) in [5, 5.41) is 15.0. The largest absolute Gasteiger partial charge is 0.332 e. The van der Waals surface area contributed by atoms with Gasteiger partial charge in [0.1, 0.15) is 0 Å². The molecule has 4 aromatic rings. The molecule has 0 spiro atoms. The van der Waals surface area contributed by atoms with Crippen molar-refractivity contribution in [1.29, 1.82) is 0 Å². The zero-order chi connectivity index (χ0) is 25.3. The average Bonchev–Trinajstić information content (AvgIpc) is 2.87. The van der Waals surface area contributed by atoms with E-state index < -0.39 is 0 Å². The molecule has 0 saturated carbocycles. The first-order valence-corrected chi connectivity index (χ1v) is 14.4. The van der Waals surface area contributed by atoms with E-state index in [-0.39, 0.29) is 0 Å². The topological polar surface area (TPSA) is 48.1 Å². The van der Waals surface area contributed by atoms with Crippen molar-refractivity contribution in [2.45, 2.75) is 9.79 Å². The second-order valence-corrected chi connectivity index (χ2v) is 11.1. The second-order valence-electron chi connectivity index (χ2n) is 7.28. The van der Waals surface area contributed by atoms with Crippen LogP contribution in [0.1, 0.15) is 0 Å². The summed E-state index contributed by atoms with van der Waals surface area (Å²) in [6.45, 7) is 0. The summed E-state index contributed by atoms with van der Waals surface area (Å²) in [5.41, 5.74) is 3.27. The van der Waals surface area contributed by atoms with Gasteiger partial charge in [0, 0.05) is 9.79 Å². The molecular formula is C26H20Cl2N4S4. The summed E-state index contributed by atoms with van der Waals surface area (Å²) in [4.78, 5) is 2.05. The van der Waals surface area contributed by atoms with Crippen LogP contribution in [0.3, 0.4) is 0 Å². The van der Waals surface area contributed by atoms with Gasteiger partial charge in [-0.2, -0.15) is 0 Å². The Morgan fingerprint density at radius 2 is 0.778 bits per heavy atom. The summed E-state index contributed by atoms with van der Waals surface area (Å²) in [6, 6.07) is 30.9. The van der Waals surface area contributed by atoms with Crippen molar-refractivity contribution < 1.29 is 0 Å². The molecule has 4 rings (SSSR count). The molecular weight excluding hydrogens is 567 g/mol. The predicted octanol–water partition coefficient (Wildman–Crippen LogP) is 9.41. The van der Waals surface area contributed by atoms with E-state index in [0.29, 0.717) is 20.3 Å². The number of anilines is 4. The molecule has 182 valence electrons. The quantitative estimate of drug-likeness (QED) is 0.126. The fourth-order valence-electron chi connectivity index (χ4n) is 3.05. The first-order valence-electron chi connectivity index (χ1n) is 10.7. The van der Waals surface area contributed by atoms with Gasteiger partial charge in [-0.15, -0.1) is 0 Å². The van der Waals surface area contributed by atoms with Crippen LogP contribution in [0.25, 0.3) is 0 Å².